The number of hydrogen-bond acceptors (Lipinski definition) is 7. The lowest BCUT2D eigenvalue weighted by atomic mass is 10.2. The molecule has 184 valence electrons. The molecular formula is C22H26ClN3O7S. The maximum Gasteiger partial charge on any atom is 0.265 e. The highest BCUT2D eigenvalue weighted by molar-refractivity contribution is 7.92. The van der Waals surface area contributed by atoms with E-state index in [0.717, 1.165) is 10.7 Å². The summed E-state index contributed by atoms with van der Waals surface area (Å²) in [5, 5.41) is 0.273. The highest BCUT2D eigenvalue weighted by atomic mass is 35.5. The third-order valence-electron chi connectivity index (χ3n) is 5.45. The molecular weight excluding hydrogens is 486 g/mol. The minimum absolute atomic E-state index is 0.106. The van der Waals surface area contributed by atoms with Crippen molar-refractivity contribution in [3.05, 3.63) is 41.4 Å². The first-order valence-corrected chi connectivity index (χ1v) is 12.1. The van der Waals surface area contributed by atoms with Gasteiger partial charge in [0.2, 0.25) is 12.3 Å². The van der Waals surface area contributed by atoms with Gasteiger partial charge < -0.3 is 24.0 Å². The summed E-state index contributed by atoms with van der Waals surface area (Å²) in [6.07, 6.45) is 0.729. The number of anilines is 1. The number of piperazine rings is 1. The first-order valence-electron chi connectivity index (χ1n) is 10.3. The monoisotopic (exact) mass is 511 g/mol. The van der Waals surface area contributed by atoms with Crippen LogP contribution in [0.5, 0.6) is 17.2 Å². The zero-order valence-electron chi connectivity index (χ0n) is 19.1. The summed E-state index contributed by atoms with van der Waals surface area (Å²) < 4.78 is 44.4. The number of benzene rings is 2. The fourth-order valence-electron chi connectivity index (χ4n) is 3.56. The third kappa shape index (κ3) is 5.31. The van der Waals surface area contributed by atoms with Crippen molar-refractivity contribution in [1.29, 1.82) is 0 Å². The van der Waals surface area contributed by atoms with Gasteiger partial charge in [-0.15, -0.1) is 0 Å². The number of hydrogen-bond donors (Lipinski definition) is 0. The molecule has 0 spiro atoms. The molecule has 2 amide bonds. The number of methoxy groups -OCH3 is 3. The second-order valence-electron chi connectivity index (χ2n) is 7.37. The lowest BCUT2D eigenvalue weighted by Gasteiger charge is -2.34. The number of carbonyl (C=O) groups excluding carboxylic acids is 2. The molecule has 0 atom stereocenters. The van der Waals surface area contributed by atoms with Gasteiger partial charge in [-0.3, -0.25) is 13.9 Å². The smallest absolute Gasteiger partial charge is 0.265 e. The number of amides is 2. The molecule has 10 nitrogen and oxygen atoms in total. The van der Waals surface area contributed by atoms with Crippen LogP contribution in [-0.4, -0.2) is 84.6 Å². The summed E-state index contributed by atoms with van der Waals surface area (Å²) >= 11 is 6.17. The fourth-order valence-corrected chi connectivity index (χ4v) is 5.16. The van der Waals surface area contributed by atoms with Crippen molar-refractivity contribution in [2.45, 2.75) is 4.90 Å². The lowest BCUT2D eigenvalue weighted by Crippen LogP contribution is -2.51. The van der Waals surface area contributed by atoms with Crippen LogP contribution in [0.2, 0.25) is 5.02 Å². The summed E-state index contributed by atoms with van der Waals surface area (Å²) in [6, 6.07) is 8.68. The quantitative estimate of drug-likeness (QED) is 0.473. The molecule has 1 saturated heterocycles. The zero-order chi connectivity index (χ0) is 24.9. The normalized spacial score (nSPS) is 13.9. The summed E-state index contributed by atoms with van der Waals surface area (Å²) in [7, 11) is -0.0279. The van der Waals surface area contributed by atoms with Crippen LogP contribution >= 0.6 is 11.6 Å². The average molecular weight is 512 g/mol. The Morgan fingerprint density at radius 1 is 0.971 bits per heavy atom. The summed E-state index contributed by atoms with van der Waals surface area (Å²) in [5.74, 6) is 0.388. The number of halogens is 1. The van der Waals surface area contributed by atoms with Crippen LogP contribution in [-0.2, 0) is 19.6 Å². The van der Waals surface area contributed by atoms with Crippen LogP contribution in [0.15, 0.2) is 41.3 Å². The van der Waals surface area contributed by atoms with Crippen molar-refractivity contribution in [3.8, 4) is 17.2 Å². The maximum atomic E-state index is 13.8. The SMILES string of the molecule is COc1ccc(S(=O)(=O)N(CC(=O)N2CCN(C=O)CC2)c2cc(Cl)ccc2OC)cc1OC. The molecule has 0 N–H and O–H groups in total. The van der Waals surface area contributed by atoms with Gasteiger partial charge in [0, 0.05) is 37.3 Å². The van der Waals surface area contributed by atoms with Crippen LogP contribution in [0, 0.1) is 0 Å². The number of carbonyl (C=O) groups is 2. The number of nitrogens with zero attached hydrogens (tertiary/aromatic N) is 3. The molecule has 1 aliphatic rings. The van der Waals surface area contributed by atoms with Crippen LogP contribution in [0.4, 0.5) is 5.69 Å². The molecule has 0 aliphatic carbocycles. The summed E-state index contributed by atoms with van der Waals surface area (Å²) in [5.41, 5.74) is 0.115. The minimum Gasteiger partial charge on any atom is -0.495 e. The lowest BCUT2D eigenvalue weighted by molar-refractivity contribution is -0.133. The largest absolute Gasteiger partial charge is 0.495 e. The van der Waals surface area contributed by atoms with Crippen LogP contribution < -0.4 is 18.5 Å². The van der Waals surface area contributed by atoms with E-state index in [4.69, 9.17) is 25.8 Å². The van der Waals surface area contributed by atoms with Crippen LogP contribution in [0.1, 0.15) is 0 Å². The predicted octanol–water partition coefficient (Wildman–Crippen LogP) is 1.86. The topological polar surface area (TPSA) is 106 Å². The van der Waals surface area contributed by atoms with Gasteiger partial charge in [0.25, 0.3) is 10.0 Å². The van der Waals surface area contributed by atoms with E-state index in [1.807, 2.05) is 0 Å². The van der Waals surface area contributed by atoms with E-state index < -0.39 is 22.5 Å². The highest BCUT2D eigenvalue weighted by Gasteiger charge is 2.32. The Morgan fingerprint density at radius 2 is 1.59 bits per heavy atom. The van der Waals surface area contributed by atoms with Crippen molar-refractivity contribution < 1.29 is 32.2 Å². The van der Waals surface area contributed by atoms with Crippen molar-refractivity contribution in [3.63, 3.8) is 0 Å². The Kier molecular flexibility index (Phi) is 8.11. The van der Waals surface area contributed by atoms with E-state index >= 15 is 0 Å². The van der Waals surface area contributed by atoms with Gasteiger partial charge in [0.1, 0.15) is 12.3 Å². The van der Waals surface area contributed by atoms with Gasteiger partial charge >= 0.3 is 0 Å². The number of sulfonamides is 1. The van der Waals surface area contributed by atoms with Crippen molar-refractivity contribution in [2.24, 2.45) is 0 Å². The summed E-state index contributed by atoms with van der Waals surface area (Å²) in [4.78, 5) is 27.1. The number of rotatable bonds is 9. The number of ether oxygens (including phenoxy) is 3. The molecule has 2 aromatic rings. The van der Waals surface area contributed by atoms with Crippen molar-refractivity contribution in [2.75, 3.05) is 58.4 Å². The van der Waals surface area contributed by atoms with E-state index in [-0.39, 0.29) is 27.1 Å². The van der Waals surface area contributed by atoms with Gasteiger partial charge in [0.05, 0.1) is 31.9 Å². The predicted molar refractivity (Wildman–Crippen MR) is 126 cm³/mol. The molecule has 1 heterocycles. The molecule has 2 aromatic carbocycles. The molecule has 0 radical (unpaired) electrons. The second-order valence-corrected chi connectivity index (χ2v) is 9.67. The third-order valence-corrected chi connectivity index (χ3v) is 7.44. The first kappa shape index (κ1) is 25.4. The molecule has 0 saturated carbocycles. The summed E-state index contributed by atoms with van der Waals surface area (Å²) in [6.45, 7) is 0.855. The standard InChI is InChI=1S/C22H26ClN3O7S/c1-31-19-6-4-16(23)12-18(19)26(14-22(28)25-10-8-24(15-27)9-11-25)34(29,30)17-5-7-20(32-2)21(13-17)33-3/h4-7,12-13,15H,8-11,14H2,1-3H3. The Labute approximate surface area is 203 Å². The van der Waals surface area contributed by atoms with E-state index in [2.05, 4.69) is 0 Å². The minimum atomic E-state index is -4.27. The van der Waals surface area contributed by atoms with Gasteiger partial charge in [-0.05, 0) is 30.3 Å². The molecule has 12 heteroatoms. The first-order chi connectivity index (χ1) is 16.2. The van der Waals surface area contributed by atoms with Crippen LogP contribution in [0.3, 0.4) is 0 Å². The maximum absolute atomic E-state index is 13.8. The Morgan fingerprint density at radius 3 is 2.18 bits per heavy atom. The van der Waals surface area contributed by atoms with E-state index in [1.165, 1.54) is 56.6 Å². The van der Waals surface area contributed by atoms with Crippen molar-refractivity contribution in [1.82, 2.24) is 9.80 Å². The van der Waals surface area contributed by atoms with Gasteiger partial charge in [-0.25, -0.2) is 8.42 Å². The molecule has 1 fully saturated rings. The molecule has 34 heavy (non-hydrogen) atoms. The van der Waals surface area contributed by atoms with E-state index in [1.54, 1.807) is 11.0 Å². The molecule has 1 aliphatic heterocycles. The molecule has 0 aromatic heterocycles. The Hall–Kier alpha value is -3.18. The Balaban J connectivity index is 2.04. The van der Waals surface area contributed by atoms with Gasteiger partial charge in [-0.1, -0.05) is 11.6 Å². The molecule has 0 unspecified atom stereocenters. The Bertz CT molecular complexity index is 1150. The average Bonchev–Trinajstić information content (AvgIpc) is 2.86. The van der Waals surface area contributed by atoms with Crippen molar-refractivity contribution >= 4 is 39.6 Å². The van der Waals surface area contributed by atoms with E-state index in [9.17, 15) is 18.0 Å². The fraction of sp³-hybridized carbons (Fsp3) is 0.364. The second kappa shape index (κ2) is 10.8. The molecule has 0 bridgehead atoms. The van der Waals surface area contributed by atoms with E-state index in [0.29, 0.717) is 31.9 Å². The zero-order valence-corrected chi connectivity index (χ0v) is 20.6. The van der Waals surface area contributed by atoms with Gasteiger partial charge in [0.15, 0.2) is 11.5 Å². The van der Waals surface area contributed by atoms with Gasteiger partial charge in [-0.2, -0.15) is 0 Å². The van der Waals surface area contributed by atoms with Crippen LogP contribution in [0.25, 0.3) is 0 Å². The molecule has 3 rings (SSSR count). The highest BCUT2D eigenvalue weighted by Crippen LogP contribution is 2.37.